The number of carbonyl (C=O) groups excluding carboxylic acids is 3. The van der Waals surface area contributed by atoms with E-state index in [4.69, 9.17) is 36.5 Å². The van der Waals surface area contributed by atoms with Crippen LogP contribution in [0.25, 0.3) is 33.0 Å². The Morgan fingerprint density at radius 2 is 1.25 bits per heavy atom. The minimum absolute atomic E-state index is 0.0764. The van der Waals surface area contributed by atoms with Gasteiger partial charge in [-0.05, 0) is 68.8 Å². The standard InChI is InChI=1S/2C20H19N7O2.C19H28N10O2.2C2H6/c1-11-10-29-17-9-22-7-12-3-4-13(5-14(12)17)25-18-6-15(21-2)19-23-8-16(20(28)24-11)27(19)26-18;1-11-10-29-15-5-3-4-12-6-7-16(25-18(12)15)24-17-8-13(21-2)19-22-9-14(20(28)23-11)27(19)26-17;1-9-7-31-8-10-5-11(13(20)12(6-10)29(4)22)26-19-27-15(14(21)17(24-3)28-19)16(23-2)18(30)25-9;2*1-2/h3-9,11,21H,10H2,1-2H3,(H,24,28)(H,25,26);3-9,11,21H,10H2,1-2H3,(H,23,28)(H,24,25,26);5-6,9H,7-8,20-22H2,1-4H3,(H,25,30)(H2,24,26,27,28);2*1-2H3. The molecule has 3 amide bonds. The molecule has 0 aliphatic carbocycles. The molecule has 3 aliphatic heterocycles. The molecular formula is C63H78N24O6. The van der Waals surface area contributed by atoms with Crippen molar-refractivity contribution in [1.82, 2.24) is 65.1 Å². The van der Waals surface area contributed by atoms with Gasteiger partial charge in [0.15, 0.2) is 45.8 Å². The molecule has 3 aliphatic rings. The van der Waals surface area contributed by atoms with Crippen molar-refractivity contribution in [3.05, 3.63) is 120 Å². The SMILES string of the molecule is CC.CC.CN=C1C(=O)NC(C)COCc2cc(c(N)c(N(C)N)c2)Nc2nc(NC)c(N)c1n2.CNc1cc2nn3c(cnc13)C(=O)NC(C)COc1cccc3ccc(nc13)N2.CNc1cc2nn3c(cnc13)C(=O)NC(C)COc1cncc3ccc(cc13)N2. The minimum Gasteiger partial charge on any atom is -0.489 e. The zero-order chi connectivity index (χ0) is 66.6. The van der Waals surface area contributed by atoms with Gasteiger partial charge in [0.05, 0.1) is 72.3 Å². The van der Waals surface area contributed by atoms with Gasteiger partial charge >= 0.3 is 0 Å². The Bertz CT molecular complexity index is 4200. The largest absolute Gasteiger partial charge is 0.489 e. The number of nitrogen functional groups attached to an aromatic ring is 2. The van der Waals surface area contributed by atoms with Gasteiger partial charge in [0.1, 0.15) is 47.4 Å². The third-order valence-electron chi connectivity index (χ3n) is 14.3. The number of nitrogens with one attached hydrogen (secondary N) is 9. The van der Waals surface area contributed by atoms with E-state index in [0.717, 1.165) is 44.3 Å². The number of carbonyl (C=O) groups is 3. The van der Waals surface area contributed by atoms with Crippen molar-refractivity contribution in [3.8, 4) is 11.5 Å². The topological polar surface area (TPSA) is 393 Å². The highest BCUT2D eigenvalue weighted by molar-refractivity contribution is 6.46. The Balaban J connectivity index is 0.000000160. The van der Waals surface area contributed by atoms with Gasteiger partial charge in [-0.15, -0.1) is 10.2 Å². The molecule has 0 saturated heterocycles. The van der Waals surface area contributed by atoms with Crippen LogP contribution in [0.3, 0.4) is 0 Å². The molecule has 15 N–H and O–H groups in total. The molecule has 12 bridgehead atoms. The number of nitrogens with two attached hydrogens (primary N) is 3. The molecule has 0 fully saturated rings. The maximum Gasteiger partial charge on any atom is 0.272 e. The number of hydrogen-bond donors (Lipinski definition) is 12. The van der Waals surface area contributed by atoms with Crippen molar-refractivity contribution in [3.63, 3.8) is 0 Å². The summed E-state index contributed by atoms with van der Waals surface area (Å²) in [4.78, 5) is 69.1. The molecule has 93 heavy (non-hydrogen) atoms. The molecule has 13 rings (SSSR count). The second kappa shape index (κ2) is 29.5. The van der Waals surface area contributed by atoms with Crippen LogP contribution in [0.5, 0.6) is 11.5 Å². The fourth-order valence-electron chi connectivity index (χ4n) is 9.95. The Labute approximate surface area is 536 Å². The van der Waals surface area contributed by atoms with Crippen LogP contribution in [0.1, 0.15) is 80.7 Å². The van der Waals surface area contributed by atoms with Crippen molar-refractivity contribution >= 4 is 125 Å². The number of nitrogens with zero attached hydrogens (tertiary/aromatic N) is 12. The van der Waals surface area contributed by atoms with Crippen LogP contribution < -0.4 is 79.6 Å². The molecule has 10 aromatic rings. The highest BCUT2D eigenvalue weighted by Gasteiger charge is 2.26. The van der Waals surface area contributed by atoms with E-state index in [-0.39, 0.29) is 59.6 Å². The zero-order valence-electron chi connectivity index (χ0n) is 53.8. The van der Waals surface area contributed by atoms with Gasteiger partial charge in [0, 0.05) is 81.5 Å². The van der Waals surface area contributed by atoms with Gasteiger partial charge in [-0.3, -0.25) is 24.4 Å². The van der Waals surface area contributed by atoms with Crippen molar-refractivity contribution in [2.24, 2.45) is 10.8 Å². The number of fused-ring (bicyclic) bond motifs is 8. The number of pyridine rings is 2. The summed E-state index contributed by atoms with van der Waals surface area (Å²) in [5, 5.41) is 40.9. The first-order chi connectivity index (χ1) is 45.0. The lowest BCUT2D eigenvalue weighted by Gasteiger charge is -2.22. The molecule has 3 atom stereocenters. The Kier molecular flexibility index (Phi) is 20.9. The number of aromatic nitrogens is 10. The molecule has 486 valence electrons. The number of anilines is 12. The van der Waals surface area contributed by atoms with Crippen LogP contribution in [0, 0.1) is 0 Å². The van der Waals surface area contributed by atoms with Crippen LogP contribution in [0.2, 0.25) is 0 Å². The number of benzene rings is 3. The molecule has 30 nitrogen and oxygen atoms in total. The summed E-state index contributed by atoms with van der Waals surface area (Å²) in [5.41, 5.74) is 20.3. The van der Waals surface area contributed by atoms with E-state index >= 15 is 0 Å². The number of rotatable bonds is 4. The summed E-state index contributed by atoms with van der Waals surface area (Å²) in [6.07, 6.45) is 6.51. The summed E-state index contributed by atoms with van der Waals surface area (Å²) < 4.78 is 20.8. The highest BCUT2D eigenvalue weighted by Crippen LogP contribution is 2.35. The normalized spacial score (nSPS) is 16.3. The molecule has 7 aromatic heterocycles. The molecule has 0 spiro atoms. The number of ether oxygens (including phenoxy) is 3. The first-order valence-electron chi connectivity index (χ1n) is 30.2. The number of hydrazine groups is 1. The summed E-state index contributed by atoms with van der Waals surface area (Å²) in [5.74, 6) is 8.58. The smallest absolute Gasteiger partial charge is 0.272 e. The third-order valence-corrected chi connectivity index (χ3v) is 14.3. The molecule has 0 saturated carbocycles. The molecule has 0 radical (unpaired) electrons. The average Bonchev–Trinajstić information content (AvgIpc) is 1.80. The van der Waals surface area contributed by atoms with Gasteiger partial charge in [-0.2, -0.15) is 4.98 Å². The first kappa shape index (κ1) is 66.0. The predicted octanol–water partition coefficient (Wildman–Crippen LogP) is 7.39. The molecule has 3 aromatic carbocycles. The van der Waals surface area contributed by atoms with Gasteiger partial charge in [0.2, 0.25) is 5.95 Å². The quantitative estimate of drug-likeness (QED) is 0.0464. The first-order valence-corrected chi connectivity index (χ1v) is 30.2. The monoisotopic (exact) mass is 1270 g/mol. The van der Waals surface area contributed by atoms with Crippen molar-refractivity contribution in [2.75, 3.05) is 103 Å². The van der Waals surface area contributed by atoms with Crippen molar-refractivity contribution in [1.29, 1.82) is 0 Å². The van der Waals surface area contributed by atoms with E-state index in [0.29, 0.717) is 94.3 Å². The lowest BCUT2D eigenvalue weighted by molar-refractivity contribution is -0.115. The highest BCUT2D eigenvalue weighted by atomic mass is 16.5. The molecule has 30 heteroatoms. The second-order valence-electron chi connectivity index (χ2n) is 21.0. The van der Waals surface area contributed by atoms with Crippen LogP contribution in [-0.4, -0.2) is 146 Å². The summed E-state index contributed by atoms with van der Waals surface area (Å²) >= 11 is 0. The van der Waals surface area contributed by atoms with Crippen LogP contribution >= 0.6 is 0 Å². The lowest BCUT2D eigenvalue weighted by Crippen LogP contribution is -2.41. The third kappa shape index (κ3) is 14.6. The van der Waals surface area contributed by atoms with Gasteiger partial charge in [0.25, 0.3) is 17.7 Å². The number of amides is 3. The molecular weight excluding hydrogens is 1190 g/mol. The molecule has 3 unspecified atom stereocenters. The number of aliphatic imine (C=N–C) groups is 1. The summed E-state index contributed by atoms with van der Waals surface area (Å²) in [6, 6.07) is 22.2. The Hall–Kier alpha value is -11.4. The zero-order valence-corrected chi connectivity index (χ0v) is 53.8. The fraction of sp³-hybridized carbons (Fsp3) is 0.302. The molecule has 10 heterocycles. The maximum absolute atomic E-state index is 12.8. The van der Waals surface area contributed by atoms with Crippen LogP contribution in [-0.2, 0) is 16.1 Å². The lowest BCUT2D eigenvalue weighted by atomic mass is 10.1. The number of para-hydroxylation sites is 1. The summed E-state index contributed by atoms with van der Waals surface area (Å²) in [6.45, 7) is 14.8. The maximum atomic E-state index is 12.8. The van der Waals surface area contributed by atoms with Crippen LogP contribution in [0.15, 0.2) is 103 Å². The van der Waals surface area contributed by atoms with Gasteiger partial charge < -0.3 is 78.5 Å². The summed E-state index contributed by atoms with van der Waals surface area (Å²) in [7, 11) is 8.46. The predicted molar refractivity (Wildman–Crippen MR) is 365 cm³/mol. The Morgan fingerprint density at radius 3 is 1.87 bits per heavy atom. The van der Waals surface area contributed by atoms with E-state index in [1.165, 1.54) is 29.0 Å². The van der Waals surface area contributed by atoms with E-state index < -0.39 is 5.91 Å². The Morgan fingerprint density at radius 1 is 0.634 bits per heavy atom. The van der Waals surface area contributed by atoms with E-state index in [1.807, 2.05) is 121 Å². The van der Waals surface area contributed by atoms with E-state index in [1.54, 1.807) is 45.1 Å². The van der Waals surface area contributed by atoms with Gasteiger partial charge in [-0.25, -0.2) is 34.8 Å². The van der Waals surface area contributed by atoms with Gasteiger partial charge in [-0.1, -0.05) is 45.9 Å². The fourth-order valence-corrected chi connectivity index (χ4v) is 9.95. The van der Waals surface area contributed by atoms with Crippen molar-refractivity contribution < 1.29 is 28.6 Å². The van der Waals surface area contributed by atoms with E-state index in [9.17, 15) is 14.4 Å². The van der Waals surface area contributed by atoms with E-state index in [2.05, 4.69) is 88.0 Å². The minimum atomic E-state index is -0.417. The second-order valence-corrected chi connectivity index (χ2v) is 21.0. The van der Waals surface area contributed by atoms with Crippen LogP contribution in [0.4, 0.5) is 69.0 Å². The number of hydrogen-bond acceptors (Lipinski definition) is 25. The number of imidazole rings is 2. The van der Waals surface area contributed by atoms with Crippen molar-refractivity contribution in [2.45, 2.75) is 73.2 Å². The average molecular weight is 1270 g/mol.